The number of anilines is 1. The molecule has 1 N–H and O–H groups in total. The number of hydrogen-bond donors (Lipinski definition) is 1. The molecule has 5 rings (SSSR count). The minimum Gasteiger partial charge on any atom is -0.462 e. The number of nitrogens with zero attached hydrogens (tertiary/aromatic N) is 2. The fourth-order valence-electron chi connectivity index (χ4n) is 6.81. The molecule has 2 heterocycles. The number of unbranched alkanes of at least 4 members (excludes halogenated alkanes) is 9. The van der Waals surface area contributed by atoms with Gasteiger partial charge in [-0.25, -0.2) is 19.3 Å². The van der Waals surface area contributed by atoms with Crippen molar-refractivity contribution in [3.05, 3.63) is 112 Å². The van der Waals surface area contributed by atoms with Crippen molar-refractivity contribution >= 4 is 46.3 Å². The van der Waals surface area contributed by atoms with Crippen molar-refractivity contribution in [3.8, 4) is 0 Å². The van der Waals surface area contributed by atoms with Crippen LogP contribution in [0.5, 0.6) is 0 Å². The Morgan fingerprint density at radius 2 is 1.46 bits per heavy atom. The molecule has 1 aromatic heterocycles. The molecule has 0 saturated carbocycles. The summed E-state index contributed by atoms with van der Waals surface area (Å²) >= 11 is 0. The first-order valence-electron chi connectivity index (χ1n) is 19.6. The van der Waals surface area contributed by atoms with Crippen molar-refractivity contribution in [3.63, 3.8) is 0 Å². The van der Waals surface area contributed by atoms with Gasteiger partial charge in [0.25, 0.3) is 11.8 Å². The van der Waals surface area contributed by atoms with Gasteiger partial charge in [0.2, 0.25) is 6.23 Å². The van der Waals surface area contributed by atoms with Crippen LogP contribution in [0, 0.1) is 6.92 Å². The highest BCUT2D eigenvalue weighted by atomic mass is 16.5. The zero-order valence-corrected chi connectivity index (χ0v) is 32.4. The molecule has 0 bridgehead atoms. The number of fused-ring (bicyclic) bond motifs is 1. The number of benzene rings is 3. The number of hydrogen-bond acceptors (Lipinski definition) is 9. The van der Waals surface area contributed by atoms with E-state index in [9.17, 15) is 28.8 Å². The molecule has 3 aromatic carbocycles. The minimum atomic E-state index is -2.07. The number of imide groups is 1. The third-order valence-corrected chi connectivity index (χ3v) is 9.84. The number of carbonyl (C=O) groups excluding carboxylic acids is 5. The van der Waals surface area contributed by atoms with E-state index in [1.54, 1.807) is 62.4 Å². The van der Waals surface area contributed by atoms with Crippen LogP contribution in [0.15, 0.2) is 88.1 Å². The normalized spacial score (nSPS) is 14.7. The third kappa shape index (κ3) is 10.4. The van der Waals surface area contributed by atoms with Gasteiger partial charge in [-0.05, 0) is 49.6 Å². The Kier molecular flexibility index (Phi) is 15.1. The molecular weight excluding hydrogens is 714 g/mol. The molecule has 4 amide bonds. The van der Waals surface area contributed by atoms with Crippen LogP contribution < -0.4 is 10.9 Å². The number of rotatable bonds is 21. The second kappa shape index (κ2) is 20.3. The summed E-state index contributed by atoms with van der Waals surface area (Å²) in [6.07, 6.45) is 10.1. The van der Waals surface area contributed by atoms with Crippen LogP contribution in [-0.2, 0) is 25.6 Å². The Morgan fingerprint density at radius 1 is 0.804 bits per heavy atom. The summed E-state index contributed by atoms with van der Waals surface area (Å²) in [7, 11) is 0. The highest BCUT2D eigenvalue weighted by Gasteiger charge is 2.53. The summed E-state index contributed by atoms with van der Waals surface area (Å²) in [5.41, 5.74) is 0.576. The smallest absolute Gasteiger partial charge is 0.338 e. The number of aryl methyl sites for hydroxylation is 1. The van der Waals surface area contributed by atoms with E-state index >= 15 is 0 Å². The fourth-order valence-corrected chi connectivity index (χ4v) is 6.81. The summed E-state index contributed by atoms with van der Waals surface area (Å²) in [5.74, 6) is -3.53. The van der Waals surface area contributed by atoms with E-state index in [1.165, 1.54) is 56.7 Å². The third-order valence-electron chi connectivity index (χ3n) is 9.84. The predicted octanol–water partition coefficient (Wildman–Crippen LogP) is 8.20. The Morgan fingerprint density at radius 3 is 2.16 bits per heavy atom. The van der Waals surface area contributed by atoms with Crippen LogP contribution in [-0.4, -0.2) is 64.9 Å². The maximum absolute atomic E-state index is 14.6. The lowest BCUT2D eigenvalue weighted by molar-refractivity contribution is -0.144. The van der Waals surface area contributed by atoms with Gasteiger partial charge in [-0.15, -0.1) is 0 Å². The molecule has 1 aliphatic rings. The first kappa shape index (κ1) is 41.5. The van der Waals surface area contributed by atoms with Gasteiger partial charge in [-0.1, -0.05) is 119 Å². The molecule has 0 spiro atoms. The maximum Gasteiger partial charge on any atom is 0.338 e. The van der Waals surface area contributed by atoms with Crippen LogP contribution in [0.4, 0.5) is 10.5 Å². The number of nitrogens with one attached hydrogen (secondary N) is 1. The fraction of sp³-hybridized carbons (Fsp3) is 0.409. The first-order valence-corrected chi connectivity index (χ1v) is 19.6. The SMILES string of the molecule is CCCCCCCCCCCCOC(=O)c1ccc(C)c(NC(=O)C(C(=O)c2cc(=O)oc3ccccc23)N2C(=O)C(OCC)N(Cc3ccccc3)C2=O)c1. The van der Waals surface area contributed by atoms with Crippen molar-refractivity contribution in [2.24, 2.45) is 0 Å². The molecule has 0 radical (unpaired) electrons. The van der Waals surface area contributed by atoms with E-state index in [2.05, 4.69) is 12.2 Å². The quantitative estimate of drug-likeness (QED) is 0.0221. The standard InChI is InChI=1S/C44H51N3O9/c1-4-6-7-8-9-10-11-12-13-19-26-55-43(52)32-25-24-30(3)35(27-32)45-40(50)38(39(49)34-28-37(48)56-36-23-18-17-22-33(34)36)47-41(51)42(54-5-2)46(44(47)53)29-31-20-15-14-16-21-31/h14-18,20-25,27-28,38,42H,4-13,19,26,29H2,1-3H3,(H,45,50). The number of ether oxygens (including phenoxy) is 2. The Balaban J connectivity index is 1.37. The average Bonchev–Trinajstić information content (AvgIpc) is 3.41. The van der Waals surface area contributed by atoms with Crippen LogP contribution in [0.1, 0.15) is 110 Å². The first-order chi connectivity index (χ1) is 27.1. The van der Waals surface area contributed by atoms with Crippen molar-refractivity contribution in [2.75, 3.05) is 18.5 Å². The molecule has 296 valence electrons. The van der Waals surface area contributed by atoms with E-state index in [1.807, 2.05) is 6.07 Å². The monoisotopic (exact) mass is 765 g/mol. The van der Waals surface area contributed by atoms with Crippen LogP contribution in [0.3, 0.4) is 0 Å². The average molecular weight is 766 g/mol. The minimum absolute atomic E-state index is 0.0463. The number of para-hydroxylation sites is 1. The summed E-state index contributed by atoms with van der Waals surface area (Å²) in [6.45, 7) is 5.82. The van der Waals surface area contributed by atoms with E-state index in [-0.39, 0.29) is 47.5 Å². The molecule has 4 aromatic rings. The van der Waals surface area contributed by atoms with Crippen molar-refractivity contribution in [1.29, 1.82) is 0 Å². The predicted molar refractivity (Wildman–Crippen MR) is 212 cm³/mol. The molecule has 1 fully saturated rings. The Bertz CT molecular complexity index is 2060. The molecule has 0 aliphatic carbocycles. The number of Topliss-reactive ketones (excluding diaryl/α,β-unsaturated/α-hetero) is 1. The number of amides is 4. The van der Waals surface area contributed by atoms with Gasteiger partial charge < -0.3 is 19.2 Å². The zero-order valence-electron chi connectivity index (χ0n) is 32.4. The molecule has 2 atom stereocenters. The Labute approximate surface area is 327 Å². The highest BCUT2D eigenvalue weighted by Crippen LogP contribution is 2.29. The Hall–Kier alpha value is -5.62. The number of ketones is 1. The van der Waals surface area contributed by atoms with Gasteiger partial charge >= 0.3 is 17.6 Å². The van der Waals surface area contributed by atoms with E-state index in [0.717, 1.165) is 36.6 Å². The molecule has 56 heavy (non-hydrogen) atoms. The summed E-state index contributed by atoms with van der Waals surface area (Å²) < 4.78 is 16.5. The van der Waals surface area contributed by atoms with Crippen LogP contribution in [0.2, 0.25) is 0 Å². The van der Waals surface area contributed by atoms with E-state index in [0.29, 0.717) is 16.0 Å². The largest absolute Gasteiger partial charge is 0.462 e. The zero-order chi connectivity index (χ0) is 40.0. The van der Waals surface area contributed by atoms with Crippen LogP contribution >= 0.6 is 0 Å². The second-order valence-electron chi connectivity index (χ2n) is 14.0. The summed E-state index contributed by atoms with van der Waals surface area (Å²) in [6, 6.07) is 17.7. The van der Waals surface area contributed by atoms with Gasteiger partial charge in [0, 0.05) is 29.3 Å². The van der Waals surface area contributed by atoms with Gasteiger partial charge in [0.1, 0.15) is 5.58 Å². The number of urea groups is 1. The lowest BCUT2D eigenvalue weighted by Crippen LogP contribution is -2.52. The van der Waals surface area contributed by atoms with Crippen molar-refractivity contribution < 1.29 is 37.9 Å². The van der Waals surface area contributed by atoms with Gasteiger partial charge in [-0.3, -0.25) is 19.3 Å². The molecule has 2 unspecified atom stereocenters. The van der Waals surface area contributed by atoms with Gasteiger partial charge in [0.05, 0.1) is 18.7 Å². The molecule has 12 nitrogen and oxygen atoms in total. The molecular formula is C44H51N3O9. The molecule has 1 aliphatic heterocycles. The molecule has 12 heteroatoms. The lowest BCUT2D eigenvalue weighted by atomic mass is 9.98. The lowest BCUT2D eigenvalue weighted by Gasteiger charge is -2.25. The van der Waals surface area contributed by atoms with Crippen molar-refractivity contribution in [1.82, 2.24) is 9.80 Å². The molecule has 1 saturated heterocycles. The van der Waals surface area contributed by atoms with Gasteiger partial charge in [-0.2, -0.15) is 0 Å². The van der Waals surface area contributed by atoms with Crippen LogP contribution in [0.25, 0.3) is 11.0 Å². The van der Waals surface area contributed by atoms with E-state index < -0.39 is 47.5 Å². The summed E-state index contributed by atoms with van der Waals surface area (Å²) in [5, 5.41) is 2.89. The maximum atomic E-state index is 14.6. The second-order valence-corrected chi connectivity index (χ2v) is 14.0. The van der Waals surface area contributed by atoms with E-state index in [4.69, 9.17) is 13.9 Å². The summed E-state index contributed by atoms with van der Waals surface area (Å²) in [4.78, 5) is 84.7. The topological polar surface area (TPSA) is 153 Å². The number of esters is 1. The number of carbonyl (C=O) groups is 5. The highest BCUT2D eigenvalue weighted by molar-refractivity contribution is 6.24. The van der Waals surface area contributed by atoms with Gasteiger partial charge in [0.15, 0.2) is 11.8 Å². The van der Waals surface area contributed by atoms with Crippen molar-refractivity contribution in [2.45, 2.75) is 104 Å².